The fourth-order valence-corrected chi connectivity index (χ4v) is 2.52. The van der Waals surface area contributed by atoms with Gasteiger partial charge < -0.3 is 16.0 Å². The molecule has 0 atom stereocenters. The summed E-state index contributed by atoms with van der Waals surface area (Å²) < 4.78 is 0. The van der Waals surface area contributed by atoms with Crippen molar-refractivity contribution in [2.75, 3.05) is 30.3 Å². The molecule has 20 heavy (non-hydrogen) atoms. The Morgan fingerprint density at radius 1 is 1.50 bits per heavy atom. The predicted molar refractivity (Wildman–Crippen MR) is 79.2 cm³/mol. The average Bonchev–Trinajstić information content (AvgIpc) is 2.46. The summed E-state index contributed by atoms with van der Waals surface area (Å²) in [5.74, 6) is 0.573. The van der Waals surface area contributed by atoms with E-state index in [4.69, 9.17) is 11.0 Å². The lowest BCUT2D eigenvalue weighted by atomic mass is 9.96. The first-order valence-electron chi connectivity index (χ1n) is 6.89. The number of nitrogens with zero attached hydrogens (tertiary/aromatic N) is 2. The highest BCUT2D eigenvalue weighted by Gasteiger charge is 2.20. The molecule has 0 aliphatic carbocycles. The van der Waals surface area contributed by atoms with Crippen molar-refractivity contribution in [3.8, 4) is 6.07 Å². The van der Waals surface area contributed by atoms with Crippen LogP contribution in [0.4, 0.5) is 11.4 Å². The number of nitrogens with two attached hydrogens (primary N) is 1. The third-order valence-electron chi connectivity index (χ3n) is 3.78. The largest absolute Gasteiger partial charge is 0.398 e. The molecular formula is C15H20N4O. The molecule has 1 amide bonds. The van der Waals surface area contributed by atoms with Gasteiger partial charge in [-0.05, 0) is 37.0 Å². The number of carbonyl (C=O) groups is 1. The Morgan fingerprint density at radius 3 is 2.80 bits per heavy atom. The topological polar surface area (TPSA) is 82.2 Å². The van der Waals surface area contributed by atoms with Crippen molar-refractivity contribution in [3.63, 3.8) is 0 Å². The Bertz CT molecular complexity index is 527. The van der Waals surface area contributed by atoms with Crippen LogP contribution in [0.25, 0.3) is 0 Å². The van der Waals surface area contributed by atoms with E-state index in [9.17, 15) is 4.79 Å². The molecule has 0 spiro atoms. The Labute approximate surface area is 119 Å². The summed E-state index contributed by atoms with van der Waals surface area (Å²) in [7, 11) is 0. The van der Waals surface area contributed by atoms with Crippen LogP contribution in [-0.2, 0) is 4.79 Å². The molecule has 5 nitrogen and oxygen atoms in total. The van der Waals surface area contributed by atoms with Crippen LogP contribution in [0.2, 0.25) is 0 Å². The molecule has 2 rings (SSSR count). The number of rotatable bonds is 3. The number of hydrogen-bond donors (Lipinski definition) is 2. The van der Waals surface area contributed by atoms with E-state index >= 15 is 0 Å². The number of nitrogen functional groups attached to an aromatic ring is 1. The molecule has 1 heterocycles. The van der Waals surface area contributed by atoms with Gasteiger partial charge >= 0.3 is 0 Å². The number of carbonyl (C=O) groups excluding carboxylic acids is 1. The first-order chi connectivity index (χ1) is 9.60. The van der Waals surface area contributed by atoms with Crippen LogP contribution in [0, 0.1) is 17.2 Å². The standard InChI is InChI=1S/C15H20N4O/c1-11(20)18-10-12-4-6-19(7-5-12)14-2-3-15(17)13(8-14)9-16/h2-3,8,12H,4-7,10,17H2,1H3,(H,18,20). The van der Waals surface area contributed by atoms with Crippen molar-refractivity contribution in [2.24, 2.45) is 5.92 Å². The van der Waals surface area contributed by atoms with Gasteiger partial charge in [0.25, 0.3) is 0 Å². The zero-order valence-electron chi connectivity index (χ0n) is 11.7. The van der Waals surface area contributed by atoms with Crippen LogP contribution >= 0.6 is 0 Å². The van der Waals surface area contributed by atoms with Crippen molar-refractivity contribution < 1.29 is 4.79 Å². The molecule has 5 heteroatoms. The Balaban J connectivity index is 1.94. The highest BCUT2D eigenvalue weighted by Crippen LogP contribution is 2.25. The number of anilines is 2. The number of nitriles is 1. The first kappa shape index (κ1) is 14.2. The van der Waals surface area contributed by atoms with Gasteiger partial charge in [-0.25, -0.2) is 0 Å². The SMILES string of the molecule is CC(=O)NCC1CCN(c2ccc(N)c(C#N)c2)CC1. The number of benzene rings is 1. The fraction of sp³-hybridized carbons (Fsp3) is 0.467. The van der Waals surface area contributed by atoms with Gasteiger partial charge in [0, 0.05) is 37.9 Å². The van der Waals surface area contributed by atoms with Gasteiger partial charge in [0.1, 0.15) is 6.07 Å². The van der Waals surface area contributed by atoms with Gasteiger partial charge in [-0.1, -0.05) is 0 Å². The van der Waals surface area contributed by atoms with Gasteiger partial charge in [0.05, 0.1) is 5.56 Å². The Kier molecular flexibility index (Phi) is 4.46. The monoisotopic (exact) mass is 272 g/mol. The van der Waals surface area contributed by atoms with E-state index in [1.165, 1.54) is 0 Å². The van der Waals surface area contributed by atoms with Crippen molar-refractivity contribution in [1.82, 2.24) is 5.32 Å². The van der Waals surface area contributed by atoms with Gasteiger partial charge in [-0.2, -0.15) is 5.26 Å². The molecule has 0 bridgehead atoms. The number of piperidine rings is 1. The second-order valence-electron chi connectivity index (χ2n) is 5.25. The normalized spacial score (nSPS) is 15.7. The zero-order chi connectivity index (χ0) is 14.5. The molecule has 1 aromatic rings. The summed E-state index contributed by atoms with van der Waals surface area (Å²) in [6, 6.07) is 7.72. The Hall–Kier alpha value is -2.22. The van der Waals surface area contributed by atoms with E-state index in [0.717, 1.165) is 38.2 Å². The van der Waals surface area contributed by atoms with E-state index < -0.39 is 0 Å². The van der Waals surface area contributed by atoms with Crippen LogP contribution in [0.1, 0.15) is 25.3 Å². The van der Waals surface area contributed by atoms with Gasteiger partial charge in [0.15, 0.2) is 0 Å². The lowest BCUT2D eigenvalue weighted by molar-refractivity contribution is -0.119. The third-order valence-corrected chi connectivity index (χ3v) is 3.78. The molecule has 1 aromatic carbocycles. The molecular weight excluding hydrogens is 252 g/mol. The van der Waals surface area contributed by atoms with Gasteiger partial charge in [-0.3, -0.25) is 4.79 Å². The lowest BCUT2D eigenvalue weighted by Gasteiger charge is -2.33. The Morgan fingerprint density at radius 2 is 2.20 bits per heavy atom. The fourth-order valence-electron chi connectivity index (χ4n) is 2.52. The summed E-state index contributed by atoms with van der Waals surface area (Å²) >= 11 is 0. The summed E-state index contributed by atoms with van der Waals surface area (Å²) in [6.07, 6.45) is 2.10. The summed E-state index contributed by atoms with van der Waals surface area (Å²) in [6.45, 7) is 4.19. The van der Waals surface area contributed by atoms with E-state index in [1.54, 1.807) is 13.0 Å². The third kappa shape index (κ3) is 3.41. The first-order valence-corrected chi connectivity index (χ1v) is 6.89. The van der Waals surface area contributed by atoms with Crippen LogP contribution in [0.3, 0.4) is 0 Å². The number of amides is 1. The van der Waals surface area contributed by atoms with Crippen LogP contribution in [-0.4, -0.2) is 25.5 Å². The molecule has 3 N–H and O–H groups in total. The van der Waals surface area contributed by atoms with Crippen molar-refractivity contribution in [3.05, 3.63) is 23.8 Å². The molecule has 0 saturated carbocycles. The molecule has 1 aliphatic rings. The summed E-state index contributed by atoms with van der Waals surface area (Å²) in [4.78, 5) is 13.2. The average molecular weight is 272 g/mol. The summed E-state index contributed by atoms with van der Waals surface area (Å²) in [5, 5.41) is 11.9. The molecule has 0 unspecified atom stereocenters. The second kappa shape index (κ2) is 6.29. The molecule has 1 aliphatic heterocycles. The van der Waals surface area contributed by atoms with Crippen molar-refractivity contribution in [1.29, 1.82) is 5.26 Å². The van der Waals surface area contributed by atoms with Crippen LogP contribution < -0.4 is 16.0 Å². The number of nitrogens with one attached hydrogen (secondary N) is 1. The van der Waals surface area contributed by atoms with Gasteiger partial charge in [-0.15, -0.1) is 0 Å². The van der Waals surface area contributed by atoms with E-state index in [-0.39, 0.29) is 5.91 Å². The minimum Gasteiger partial charge on any atom is -0.398 e. The highest BCUT2D eigenvalue weighted by molar-refractivity contribution is 5.72. The molecule has 106 valence electrons. The zero-order valence-corrected chi connectivity index (χ0v) is 11.7. The van der Waals surface area contributed by atoms with Crippen LogP contribution in [0.5, 0.6) is 0 Å². The minimum atomic E-state index is 0.0321. The molecule has 0 aromatic heterocycles. The van der Waals surface area contributed by atoms with Crippen molar-refractivity contribution in [2.45, 2.75) is 19.8 Å². The number of hydrogen-bond acceptors (Lipinski definition) is 4. The molecule has 1 fully saturated rings. The lowest BCUT2D eigenvalue weighted by Crippen LogP contribution is -2.38. The van der Waals surface area contributed by atoms with Crippen LogP contribution in [0.15, 0.2) is 18.2 Å². The maximum absolute atomic E-state index is 10.9. The smallest absolute Gasteiger partial charge is 0.216 e. The van der Waals surface area contributed by atoms with E-state index in [2.05, 4.69) is 16.3 Å². The summed E-state index contributed by atoms with van der Waals surface area (Å²) in [5.41, 5.74) is 7.84. The second-order valence-corrected chi connectivity index (χ2v) is 5.25. The van der Waals surface area contributed by atoms with Gasteiger partial charge in [0.2, 0.25) is 5.91 Å². The molecule has 0 radical (unpaired) electrons. The molecule has 1 saturated heterocycles. The highest BCUT2D eigenvalue weighted by atomic mass is 16.1. The minimum absolute atomic E-state index is 0.0321. The van der Waals surface area contributed by atoms with E-state index in [1.807, 2.05) is 12.1 Å². The predicted octanol–water partition coefficient (Wildman–Crippen LogP) is 1.49. The maximum atomic E-state index is 10.9. The van der Waals surface area contributed by atoms with Crippen molar-refractivity contribution >= 4 is 17.3 Å². The van der Waals surface area contributed by atoms with E-state index in [0.29, 0.717) is 17.2 Å². The maximum Gasteiger partial charge on any atom is 0.216 e. The quantitative estimate of drug-likeness (QED) is 0.817.